The Morgan fingerprint density at radius 2 is 1.74 bits per heavy atom. The van der Waals surface area contributed by atoms with Gasteiger partial charge in [-0.15, -0.1) is 0 Å². The van der Waals surface area contributed by atoms with Crippen molar-refractivity contribution in [3.63, 3.8) is 0 Å². The quantitative estimate of drug-likeness (QED) is 0.0889. The Labute approximate surface area is 320 Å². The minimum atomic E-state index is -3.54. The number of hydrogen-bond acceptors (Lipinski definition) is 5. The molecule has 5 aromatic rings. The molecule has 1 spiro atoms. The first-order chi connectivity index (χ1) is 25.9. The maximum atomic E-state index is 16.4. The van der Waals surface area contributed by atoms with Crippen LogP contribution in [0.4, 0.5) is 15.5 Å². The van der Waals surface area contributed by atoms with Gasteiger partial charge < -0.3 is 34.1 Å². The number of rotatable bonds is 12. The van der Waals surface area contributed by atoms with Gasteiger partial charge in [0.15, 0.2) is 5.60 Å². The first-order valence-electron chi connectivity index (χ1n) is 18.2. The number of nitrogens with one attached hydrogen (secondary N) is 2. The molecule has 1 saturated heterocycles. The third kappa shape index (κ3) is 7.21. The molecule has 12 heteroatoms. The number of aromatic nitrogens is 1. The van der Waals surface area contributed by atoms with Crippen LogP contribution in [-0.2, 0) is 44.2 Å². The molecule has 0 bridgehead atoms. The Kier molecular flexibility index (Phi) is 10.5. The highest BCUT2D eigenvalue weighted by Crippen LogP contribution is 2.60. The van der Waals surface area contributed by atoms with Crippen molar-refractivity contribution in [2.45, 2.75) is 63.2 Å². The Morgan fingerprint density at radius 3 is 2.46 bits per heavy atom. The number of H-pyrrole nitrogens is 1. The largest absolute Gasteiger partial charge is 0.395 e. The van der Waals surface area contributed by atoms with Crippen molar-refractivity contribution >= 4 is 60.0 Å². The number of carbonyl (C=O) groups is 3. The van der Waals surface area contributed by atoms with Gasteiger partial charge in [0.25, 0.3) is 5.91 Å². The van der Waals surface area contributed by atoms with E-state index in [9.17, 15) is 19.5 Å². The van der Waals surface area contributed by atoms with Crippen molar-refractivity contribution < 1.29 is 28.3 Å². The van der Waals surface area contributed by atoms with E-state index >= 15 is 4.11 Å². The maximum Gasteiger partial charge on any atom is 0.264 e. The fraction of sp³-hybridized carbons (Fsp3) is 0.310. The summed E-state index contributed by atoms with van der Waals surface area (Å²) in [6.45, 7) is 5.40. The molecule has 0 unspecified atom stereocenters. The van der Waals surface area contributed by atoms with E-state index in [0.29, 0.717) is 22.0 Å². The van der Waals surface area contributed by atoms with Crippen LogP contribution in [0.5, 0.6) is 0 Å². The van der Waals surface area contributed by atoms with Crippen molar-refractivity contribution in [3.05, 3.63) is 131 Å². The molecule has 2 aliphatic heterocycles. The van der Waals surface area contributed by atoms with Gasteiger partial charge in [-0.1, -0.05) is 79.2 Å². The number of ether oxygens (including phenoxy) is 1. The predicted octanol–water partition coefficient (Wildman–Crippen LogP) is 7.74. The Balaban J connectivity index is 1.11. The minimum absolute atomic E-state index is 0.111. The number of carbonyl (C=O) groups excluding carboxylic acids is 3. The molecule has 0 saturated carbocycles. The van der Waals surface area contributed by atoms with Crippen molar-refractivity contribution in [2.24, 2.45) is 5.92 Å². The number of benzene rings is 4. The molecular weight excluding hydrogens is 723 g/mol. The summed E-state index contributed by atoms with van der Waals surface area (Å²) in [6.07, 6.45) is 1.05. The van der Waals surface area contributed by atoms with Crippen LogP contribution in [0.3, 0.4) is 0 Å². The van der Waals surface area contributed by atoms with E-state index in [-0.39, 0.29) is 56.8 Å². The van der Waals surface area contributed by atoms with Gasteiger partial charge in [0.1, 0.15) is 0 Å². The summed E-state index contributed by atoms with van der Waals surface area (Å²) in [4.78, 5) is 48.0. The number of anilines is 2. The van der Waals surface area contributed by atoms with Gasteiger partial charge in [0, 0.05) is 57.9 Å². The molecular formula is C42H44ClFN4O5Si. The van der Waals surface area contributed by atoms with Gasteiger partial charge in [-0.3, -0.25) is 14.4 Å². The second-order valence-electron chi connectivity index (χ2n) is 14.8. The summed E-state index contributed by atoms with van der Waals surface area (Å²) in [6, 6.07) is 29.9. The number of nitrogens with zero attached hydrogens (tertiary/aromatic N) is 2. The van der Waals surface area contributed by atoms with E-state index in [1.54, 1.807) is 53.2 Å². The number of aliphatic hydroxyl groups is 1. The van der Waals surface area contributed by atoms with E-state index in [2.05, 4.69) is 10.3 Å². The molecule has 54 heavy (non-hydrogen) atoms. The molecule has 0 radical (unpaired) electrons. The molecule has 2 aliphatic rings. The number of fused-ring (bicyclic) bond motifs is 3. The van der Waals surface area contributed by atoms with Crippen molar-refractivity contribution in [2.75, 3.05) is 23.4 Å². The first kappa shape index (κ1) is 37.5. The predicted molar refractivity (Wildman–Crippen MR) is 211 cm³/mol. The SMILES string of the molecule is C[C@H]1[C@H]([Si](C)(C)F)[C@@H](CC(=O)N(CCO)Cc2ccccc2)O[C@]12C(=O)N(Cc1ccc(NC(=O)Cc3c[nH]c4ccccc34)cc1)c1ccc(Cl)cc12. The zero-order valence-electron chi connectivity index (χ0n) is 30.5. The van der Waals surface area contributed by atoms with E-state index in [1.165, 1.54) is 0 Å². The summed E-state index contributed by atoms with van der Waals surface area (Å²) in [5, 5.41) is 14.2. The fourth-order valence-corrected chi connectivity index (χ4v) is 11.1. The van der Waals surface area contributed by atoms with Crippen LogP contribution in [0.1, 0.15) is 35.6 Å². The van der Waals surface area contributed by atoms with Crippen molar-refractivity contribution in [1.82, 2.24) is 9.88 Å². The smallest absolute Gasteiger partial charge is 0.264 e. The lowest BCUT2D eigenvalue weighted by molar-refractivity contribution is -0.150. The summed E-state index contributed by atoms with van der Waals surface area (Å²) < 4.78 is 23.2. The molecule has 1 aromatic heterocycles. The Hall–Kier alpha value is -4.81. The van der Waals surface area contributed by atoms with Crippen LogP contribution in [0.2, 0.25) is 23.7 Å². The monoisotopic (exact) mass is 766 g/mol. The van der Waals surface area contributed by atoms with Gasteiger partial charge in [-0.05, 0) is 66.2 Å². The second-order valence-corrected chi connectivity index (χ2v) is 19.1. The van der Waals surface area contributed by atoms with Gasteiger partial charge in [-0.25, -0.2) is 0 Å². The van der Waals surface area contributed by atoms with Gasteiger partial charge in [0.2, 0.25) is 20.2 Å². The number of amides is 3. The van der Waals surface area contributed by atoms with Crippen LogP contribution >= 0.6 is 11.6 Å². The fourth-order valence-electron chi connectivity index (χ4n) is 8.43. The molecule has 9 nitrogen and oxygen atoms in total. The Morgan fingerprint density at radius 1 is 1.02 bits per heavy atom. The molecule has 4 aromatic carbocycles. The highest BCUT2D eigenvalue weighted by molar-refractivity contribution is 6.72. The van der Waals surface area contributed by atoms with Crippen LogP contribution in [-0.4, -0.2) is 60.4 Å². The van der Waals surface area contributed by atoms with E-state index in [1.807, 2.05) is 79.9 Å². The molecule has 3 heterocycles. The van der Waals surface area contributed by atoms with Gasteiger partial charge >= 0.3 is 0 Å². The number of halogens is 2. The zero-order chi connectivity index (χ0) is 38.2. The number of hydrogen-bond donors (Lipinski definition) is 3. The molecule has 4 atom stereocenters. The lowest BCUT2D eigenvalue weighted by atomic mass is 9.82. The second kappa shape index (κ2) is 15.1. The van der Waals surface area contributed by atoms with Crippen LogP contribution in [0.25, 0.3) is 10.9 Å². The van der Waals surface area contributed by atoms with Crippen LogP contribution in [0.15, 0.2) is 103 Å². The molecule has 280 valence electrons. The highest BCUT2D eigenvalue weighted by atomic mass is 35.5. The topological polar surface area (TPSA) is 115 Å². The molecule has 3 N–H and O–H groups in total. The van der Waals surface area contributed by atoms with Crippen LogP contribution < -0.4 is 10.2 Å². The van der Waals surface area contributed by atoms with Crippen molar-refractivity contribution in [3.8, 4) is 0 Å². The summed E-state index contributed by atoms with van der Waals surface area (Å²) >= 11 is 6.55. The summed E-state index contributed by atoms with van der Waals surface area (Å²) in [5.41, 5.74) is 3.16. The molecule has 7 rings (SSSR count). The first-order valence-corrected chi connectivity index (χ1v) is 21.6. The third-order valence-corrected chi connectivity index (χ3v) is 13.5. The Bertz CT molecular complexity index is 2180. The van der Waals surface area contributed by atoms with E-state index in [0.717, 1.165) is 27.6 Å². The van der Waals surface area contributed by atoms with Crippen molar-refractivity contribution in [1.29, 1.82) is 0 Å². The normalized spacial score (nSPS) is 20.8. The average molecular weight is 767 g/mol. The lowest BCUT2D eigenvalue weighted by Gasteiger charge is -2.31. The summed E-state index contributed by atoms with van der Waals surface area (Å²) in [7, 11) is -3.54. The highest BCUT2D eigenvalue weighted by Gasteiger charge is 2.67. The third-order valence-electron chi connectivity index (χ3n) is 10.8. The zero-order valence-corrected chi connectivity index (χ0v) is 32.3. The molecule has 1 fully saturated rings. The minimum Gasteiger partial charge on any atom is -0.395 e. The van der Waals surface area contributed by atoms with E-state index in [4.69, 9.17) is 16.3 Å². The molecule has 0 aliphatic carbocycles. The maximum absolute atomic E-state index is 16.4. The van der Waals surface area contributed by atoms with E-state index < -0.39 is 31.6 Å². The van der Waals surface area contributed by atoms with Crippen LogP contribution in [0, 0.1) is 5.92 Å². The number of aliphatic hydroxyl groups excluding tert-OH is 1. The molecule has 3 amide bonds. The average Bonchev–Trinajstić information content (AvgIpc) is 3.75. The standard InChI is InChI=1S/C42H44ClFN4O5Si/c1-27-40(54(2,3)44)37(23-39(51)47(19-20-49)25-28-9-5-4-6-10-28)53-42(27)34-22-31(43)15-18-36(34)48(41(42)52)26-29-13-16-32(17-14-29)46-38(50)21-30-24-45-35-12-8-7-11-33(30)35/h4-18,22,24,27,37,40,45,49H,19-21,23,25-26H2,1-3H3,(H,46,50)/t27-,37+,40-,42+/m0/s1. The van der Waals surface area contributed by atoms with Gasteiger partial charge in [0.05, 0.1) is 37.8 Å². The van der Waals surface area contributed by atoms with Gasteiger partial charge in [-0.2, -0.15) is 0 Å². The number of para-hydroxylation sites is 1. The lowest BCUT2D eigenvalue weighted by Crippen LogP contribution is -2.45. The summed E-state index contributed by atoms with van der Waals surface area (Å²) in [5.74, 6) is -1.37. The number of aromatic amines is 1.